The summed E-state index contributed by atoms with van der Waals surface area (Å²) in [6, 6.07) is 6.89. The van der Waals surface area contributed by atoms with Gasteiger partial charge in [0.15, 0.2) is 11.5 Å². The zero-order chi connectivity index (χ0) is 21.4. The molecule has 4 N–H and O–H groups in total. The molecule has 2 aromatic rings. The molecular formula is C21H22ClN3O4. The van der Waals surface area contributed by atoms with Crippen molar-refractivity contribution >= 4 is 23.7 Å². The molecule has 0 spiro atoms. The molecule has 0 atom stereocenters. The number of hydrogen-bond donors (Lipinski definition) is 4. The molecule has 2 rings (SSSR count). The Balaban J connectivity index is 2.12. The third-order valence-corrected chi connectivity index (χ3v) is 4.42. The minimum absolute atomic E-state index is 0.0537. The fourth-order valence-corrected chi connectivity index (χ4v) is 2.56. The van der Waals surface area contributed by atoms with Gasteiger partial charge in [-0.2, -0.15) is 5.10 Å². The van der Waals surface area contributed by atoms with Gasteiger partial charge in [-0.1, -0.05) is 37.3 Å². The standard InChI is InChI=1S/C21H22ClN3O4/c1-3-25(4-2)9-5-6-15-10-14(11-19(27)20(15)28)13-23-24-21(29)16-7-8-18(26)17(22)12-16/h7-8,10-13,26-28H,3-4,9H2,1-2H3,(H,24,29)/b23-13+. The van der Waals surface area contributed by atoms with Crippen LogP contribution < -0.4 is 5.43 Å². The van der Waals surface area contributed by atoms with Crippen molar-refractivity contribution in [2.45, 2.75) is 13.8 Å². The molecule has 0 radical (unpaired) electrons. The van der Waals surface area contributed by atoms with Gasteiger partial charge in [0.25, 0.3) is 5.91 Å². The Hall–Kier alpha value is -3.21. The first-order chi connectivity index (χ1) is 13.8. The Labute approximate surface area is 174 Å². The maximum Gasteiger partial charge on any atom is 0.271 e. The summed E-state index contributed by atoms with van der Waals surface area (Å²) >= 11 is 5.78. The van der Waals surface area contributed by atoms with Gasteiger partial charge in [-0.25, -0.2) is 5.43 Å². The van der Waals surface area contributed by atoms with Crippen molar-refractivity contribution in [3.8, 4) is 29.1 Å². The number of amides is 1. The average molecular weight is 416 g/mol. The highest BCUT2D eigenvalue weighted by Crippen LogP contribution is 2.29. The van der Waals surface area contributed by atoms with Crippen molar-refractivity contribution in [1.82, 2.24) is 10.3 Å². The van der Waals surface area contributed by atoms with E-state index in [-0.39, 0.29) is 33.4 Å². The van der Waals surface area contributed by atoms with Crippen molar-refractivity contribution in [3.05, 3.63) is 52.0 Å². The van der Waals surface area contributed by atoms with Crippen LogP contribution >= 0.6 is 11.6 Å². The molecule has 0 aliphatic heterocycles. The highest BCUT2D eigenvalue weighted by Gasteiger charge is 2.09. The van der Waals surface area contributed by atoms with Crippen molar-refractivity contribution in [1.29, 1.82) is 0 Å². The molecule has 0 aliphatic carbocycles. The van der Waals surface area contributed by atoms with E-state index in [9.17, 15) is 20.1 Å². The second-order valence-electron chi connectivity index (χ2n) is 6.06. The van der Waals surface area contributed by atoms with Crippen molar-refractivity contribution in [2.75, 3.05) is 19.6 Å². The zero-order valence-electron chi connectivity index (χ0n) is 16.1. The summed E-state index contributed by atoms with van der Waals surface area (Å²) in [5, 5.41) is 33.2. The Morgan fingerprint density at radius 1 is 1.17 bits per heavy atom. The molecule has 0 aromatic heterocycles. The monoisotopic (exact) mass is 415 g/mol. The van der Waals surface area contributed by atoms with E-state index in [1.165, 1.54) is 30.5 Å². The molecule has 1 amide bonds. The molecule has 0 saturated carbocycles. The van der Waals surface area contributed by atoms with Crippen LogP contribution in [0.5, 0.6) is 17.2 Å². The number of phenols is 3. The third-order valence-electron chi connectivity index (χ3n) is 4.12. The second-order valence-corrected chi connectivity index (χ2v) is 6.47. The Kier molecular flexibility index (Phi) is 7.89. The topological polar surface area (TPSA) is 105 Å². The number of nitrogens with zero attached hydrogens (tertiary/aromatic N) is 2. The number of carbonyl (C=O) groups excluding carboxylic acids is 1. The van der Waals surface area contributed by atoms with Crippen LogP contribution in [0.25, 0.3) is 0 Å². The lowest BCUT2D eigenvalue weighted by atomic mass is 10.1. The largest absolute Gasteiger partial charge is 0.506 e. The molecule has 152 valence electrons. The number of carbonyl (C=O) groups is 1. The maximum atomic E-state index is 12.1. The smallest absolute Gasteiger partial charge is 0.271 e. The number of hydrogen-bond acceptors (Lipinski definition) is 6. The van der Waals surface area contributed by atoms with Crippen LogP contribution in [-0.4, -0.2) is 52.0 Å². The molecule has 29 heavy (non-hydrogen) atoms. The number of rotatable bonds is 6. The van der Waals surface area contributed by atoms with E-state index in [0.717, 1.165) is 13.1 Å². The third kappa shape index (κ3) is 6.14. The van der Waals surface area contributed by atoms with Gasteiger partial charge in [-0.05, 0) is 49.0 Å². The first-order valence-corrected chi connectivity index (χ1v) is 9.32. The number of halogens is 1. The predicted octanol–water partition coefficient (Wildman–Crippen LogP) is 2.91. The van der Waals surface area contributed by atoms with Crippen LogP contribution in [0, 0.1) is 11.8 Å². The normalized spacial score (nSPS) is 10.8. The average Bonchev–Trinajstić information content (AvgIpc) is 2.70. The molecule has 7 nitrogen and oxygen atoms in total. The summed E-state index contributed by atoms with van der Waals surface area (Å²) in [4.78, 5) is 14.2. The molecule has 0 bridgehead atoms. The molecule has 0 unspecified atom stereocenters. The van der Waals surface area contributed by atoms with Crippen LogP contribution in [0.1, 0.15) is 35.3 Å². The molecule has 0 fully saturated rings. The van der Waals surface area contributed by atoms with E-state index < -0.39 is 5.91 Å². The van der Waals surface area contributed by atoms with Crippen molar-refractivity contribution in [3.63, 3.8) is 0 Å². The van der Waals surface area contributed by atoms with Gasteiger partial charge >= 0.3 is 0 Å². The number of benzene rings is 2. The van der Waals surface area contributed by atoms with Gasteiger partial charge in [-0.3, -0.25) is 9.69 Å². The number of nitrogens with one attached hydrogen (secondary N) is 1. The van der Waals surface area contributed by atoms with Crippen LogP contribution in [0.15, 0.2) is 35.4 Å². The fraction of sp³-hybridized carbons (Fsp3) is 0.238. The summed E-state index contributed by atoms with van der Waals surface area (Å²) in [5.74, 6) is 4.51. The first kappa shape index (κ1) is 22.1. The van der Waals surface area contributed by atoms with Gasteiger partial charge < -0.3 is 15.3 Å². The minimum Gasteiger partial charge on any atom is -0.506 e. The van der Waals surface area contributed by atoms with Gasteiger partial charge in [0, 0.05) is 5.56 Å². The number of hydrazone groups is 1. The summed E-state index contributed by atoms with van der Waals surface area (Å²) in [7, 11) is 0. The first-order valence-electron chi connectivity index (χ1n) is 8.94. The minimum atomic E-state index is -0.523. The van der Waals surface area contributed by atoms with Crippen molar-refractivity contribution in [2.24, 2.45) is 5.10 Å². The fourth-order valence-electron chi connectivity index (χ4n) is 2.38. The van der Waals surface area contributed by atoms with Crippen LogP contribution in [0.2, 0.25) is 5.02 Å². The van der Waals surface area contributed by atoms with Gasteiger partial charge in [0.1, 0.15) is 5.75 Å². The Morgan fingerprint density at radius 3 is 2.55 bits per heavy atom. The summed E-state index contributed by atoms with van der Waals surface area (Å²) in [5.41, 5.74) is 3.25. The lowest BCUT2D eigenvalue weighted by molar-refractivity contribution is 0.0955. The number of aromatic hydroxyl groups is 3. The summed E-state index contributed by atoms with van der Waals surface area (Å²) in [6.07, 6.45) is 1.31. The molecule has 2 aromatic carbocycles. The lowest BCUT2D eigenvalue weighted by Gasteiger charge is -2.13. The van der Waals surface area contributed by atoms with Gasteiger partial charge in [0.05, 0.1) is 23.3 Å². The van der Waals surface area contributed by atoms with Crippen molar-refractivity contribution < 1.29 is 20.1 Å². The van der Waals surface area contributed by atoms with E-state index in [2.05, 4.69) is 27.3 Å². The van der Waals surface area contributed by atoms with Crippen LogP contribution in [-0.2, 0) is 0 Å². The predicted molar refractivity (Wildman–Crippen MR) is 113 cm³/mol. The maximum absolute atomic E-state index is 12.1. The highest BCUT2D eigenvalue weighted by atomic mass is 35.5. The van der Waals surface area contributed by atoms with Gasteiger partial charge in [0.2, 0.25) is 0 Å². The molecular weight excluding hydrogens is 394 g/mol. The summed E-state index contributed by atoms with van der Waals surface area (Å²) in [6.45, 7) is 6.33. The SMILES string of the molecule is CCN(CC)CC#Cc1cc(/C=N/NC(=O)c2ccc(O)c(Cl)c2)cc(O)c1O. The molecule has 0 saturated heterocycles. The summed E-state index contributed by atoms with van der Waals surface area (Å²) < 4.78 is 0. The van der Waals surface area contributed by atoms with E-state index in [1.807, 2.05) is 13.8 Å². The second kappa shape index (κ2) is 10.4. The zero-order valence-corrected chi connectivity index (χ0v) is 16.9. The van der Waals surface area contributed by atoms with E-state index in [0.29, 0.717) is 12.1 Å². The quantitative estimate of drug-likeness (QED) is 0.251. The lowest BCUT2D eigenvalue weighted by Crippen LogP contribution is -2.22. The van der Waals surface area contributed by atoms with Crippen LogP contribution in [0.4, 0.5) is 0 Å². The molecule has 0 aliphatic rings. The number of phenolic OH excluding ortho intramolecular Hbond substituents is 3. The molecule has 8 heteroatoms. The Bertz CT molecular complexity index is 976. The van der Waals surface area contributed by atoms with E-state index in [1.54, 1.807) is 6.07 Å². The Morgan fingerprint density at radius 2 is 1.90 bits per heavy atom. The van der Waals surface area contributed by atoms with E-state index >= 15 is 0 Å². The van der Waals surface area contributed by atoms with E-state index in [4.69, 9.17) is 11.6 Å². The van der Waals surface area contributed by atoms with Gasteiger partial charge in [-0.15, -0.1) is 0 Å². The molecule has 0 heterocycles. The highest BCUT2D eigenvalue weighted by molar-refractivity contribution is 6.32. The van der Waals surface area contributed by atoms with Crippen LogP contribution in [0.3, 0.4) is 0 Å².